The second-order valence-corrected chi connectivity index (χ2v) is 5.67. The fourth-order valence-electron chi connectivity index (χ4n) is 1.98. The molecule has 0 aromatic heterocycles. The highest BCUT2D eigenvalue weighted by atomic mass is 32.2. The van der Waals surface area contributed by atoms with Gasteiger partial charge in [0.25, 0.3) is 10.1 Å². The lowest BCUT2D eigenvalue weighted by Gasteiger charge is -2.13. The largest absolute Gasteiger partial charge is 0.275 e. The summed E-state index contributed by atoms with van der Waals surface area (Å²) >= 11 is 0. The first-order valence-corrected chi connectivity index (χ1v) is 6.46. The van der Waals surface area contributed by atoms with Crippen LogP contribution < -0.4 is 0 Å². The second-order valence-electron chi connectivity index (χ2n) is 3.98. The predicted molar refractivity (Wildman–Crippen MR) is 57.8 cm³/mol. The lowest BCUT2D eigenvalue weighted by atomic mass is 9.96. The average Bonchev–Trinajstić information content (AvgIpc) is 2.37. The maximum atomic E-state index is 11.8. The molecule has 0 spiro atoms. The summed E-state index contributed by atoms with van der Waals surface area (Å²) < 4.78 is 28.5. The molecule has 0 saturated carbocycles. The van der Waals surface area contributed by atoms with E-state index in [0.29, 0.717) is 0 Å². The highest BCUT2D eigenvalue weighted by molar-refractivity contribution is 7.87. The maximum absolute atomic E-state index is 11.8. The van der Waals surface area contributed by atoms with E-state index >= 15 is 0 Å². The van der Waals surface area contributed by atoms with Gasteiger partial charge in [0.1, 0.15) is 5.25 Å². The van der Waals surface area contributed by atoms with E-state index in [1.807, 2.05) is 37.3 Å². The van der Waals surface area contributed by atoms with Gasteiger partial charge in [-0.05, 0) is 12.5 Å². The molecule has 1 aliphatic rings. The lowest BCUT2D eigenvalue weighted by Crippen LogP contribution is -2.13. The Morgan fingerprint density at radius 1 is 1.13 bits per heavy atom. The van der Waals surface area contributed by atoms with Crippen molar-refractivity contribution >= 4 is 10.1 Å². The van der Waals surface area contributed by atoms with Gasteiger partial charge in [-0.15, -0.1) is 0 Å². The molecule has 1 aliphatic heterocycles. The first kappa shape index (κ1) is 10.6. The van der Waals surface area contributed by atoms with Crippen molar-refractivity contribution < 1.29 is 12.6 Å². The minimum Gasteiger partial charge on any atom is -0.266 e. The molecule has 0 amide bonds. The highest BCUT2D eigenvalue weighted by Gasteiger charge is 2.44. The number of rotatable bonds is 1. The van der Waals surface area contributed by atoms with Gasteiger partial charge in [-0.3, -0.25) is 4.18 Å². The highest BCUT2D eigenvalue weighted by Crippen LogP contribution is 2.41. The Kier molecular flexibility index (Phi) is 2.56. The van der Waals surface area contributed by atoms with Crippen molar-refractivity contribution in [1.82, 2.24) is 0 Å². The normalized spacial score (nSPS) is 34.1. The molecular formula is C11H14O3S. The van der Waals surface area contributed by atoms with Crippen molar-refractivity contribution in [1.29, 1.82) is 0 Å². The summed E-state index contributed by atoms with van der Waals surface area (Å²) in [6, 6.07) is 9.24. The Morgan fingerprint density at radius 2 is 1.73 bits per heavy atom. The van der Waals surface area contributed by atoms with Crippen molar-refractivity contribution in [3.8, 4) is 0 Å². The monoisotopic (exact) mass is 226 g/mol. The van der Waals surface area contributed by atoms with Crippen LogP contribution in [0.1, 0.15) is 24.7 Å². The van der Waals surface area contributed by atoms with Gasteiger partial charge in [0, 0.05) is 5.92 Å². The van der Waals surface area contributed by atoms with Crippen LogP contribution in [-0.4, -0.2) is 14.5 Å². The summed E-state index contributed by atoms with van der Waals surface area (Å²) in [5.41, 5.74) is 0.814. The zero-order chi connectivity index (χ0) is 11.1. The van der Waals surface area contributed by atoms with Crippen LogP contribution in [0.15, 0.2) is 30.3 Å². The molecular weight excluding hydrogens is 212 g/mol. The second kappa shape index (κ2) is 3.61. The van der Waals surface area contributed by atoms with Crippen molar-refractivity contribution in [2.75, 3.05) is 0 Å². The number of hydrogen-bond donors (Lipinski definition) is 0. The molecule has 1 heterocycles. The zero-order valence-electron chi connectivity index (χ0n) is 8.75. The quantitative estimate of drug-likeness (QED) is 0.689. The summed E-state index contributed by atoms with van der Waals surface area (Å²) in [4.78, 5) is 0. The molecule has 0 N–H and O–H groups in total. The van der Waals surface area contributed by atoms with Crippen molar-refractivity contribution in [3.63, 3.8) is 0 Å². The van der Waals surface area contributed by atoms with Crippen molar-refractivity contribution in [2.24, 2.45) is 5.92 Å². The van der Waals surface area contributed by atoms with Crippen LogP contribution in [0.25, 0.3) is 0 Å². The topological polar surface area (TPSA) is 43.4 Å². The molecule has 1 aromatic carbocycles. The molecule has 1 aromatic rings. The van der Waals surface area contributed by atoms with E-state index in [-0.39, 0.29) is 12.0 Å². The molecule has 0 bridgehead atoms. The maximum Gasteiger partial charge on any atom is 0.275 e. The van der Waals surface area contributed by atoms with Gasteiger partial charge >= 0.3 is 0 Å². The number of hydrogen-bond acceptors (Lipinski definition) is 3. The Bertz CT molecular complexity index is 438. The SMILES string of the molecule is C[C@@H]1[C@H](C)OS(=O)(=O)[C@@H]1c1ccccc1. The molecule has 0 aliphatic carbocycles. The molecule has 1 fully saturated rings. The summed E-state index contributed by atoms with van der Waals surface area (Å²) in [5, 5.41) is -0.520. The molecule has 4 heteroatoms. The van der Waals surface area contributed by atoms with Crippen LogP contribution in [0.2, 0.25) is 0 Å². The van der Waals surface area contributed by atoms with Crippen molar-refractivity contribution in [3.05, 3.63) is 35.9 Å². The summed E-state index contributed by atoms with van der Waals surface area (Å²) in [6.45, 7) is 3.71. The summed E-state index contributed by atoms with van der Waals surface area (Å²) in [6.07, 6.45) is -0.236. The minimum atomic E-state index is -3.44. The third-order valence-electron chi connectivity index (χ3n) is 2.94. The Morgan fingerprint density at radius 3 is 2.20 bits per heavy atom. The van der Waals surface area contributed by atoms with Gasteiger partial charge < -0.3 is 0 Å². The van der Waals surface area contributed by atoms with Crippen LogP contribution in [0.3, 0.4) is 0 Å². The minimum absolute atomic E-state index is 0.00241. The summed E-state index contributed by atoms with van der Waals surface area (Å²) in [7, 11) is -3.44. The van der Waals surface area contributed by atoms with E-state index in [1.54, 1.807) is 6.92 Å². The first-order chi connectivity index (χ1) is 7.02. The van der Waals surface area contributed by atoms with E-state index in [9.17, 15) is 8.42 Å². The van der Waals surface area contributed by atoms with E-state index in [4.69, 9.17) is 4.18 Å². The Labute approximate surface area is 90.2 Å². The van der Waals surface area contributed by atoms with Gasteiger partial charge in [0.2, 0.25) is 0 Å². The molecule has 2 rings (SSSR count). The van der Waals surface area contributed by atoms with Crippen molar-refractivity contribution in [2.45, 2.75) is 25.2 Å². The summed E-state index contributed by atoms with van der Waals surface area (Å²) in [5.74, 6) is -0.00241. The lowest BCUT2D eigenvalue weighted by molar-refractivity contribution is 0.213. The Balaban J connectivity index is 2.45. The van der Waals surface area contributed by atoms with E-state index < -0.39 is 15.4 Å². The van der Waals surface area contributed by atoms with Gasteiger partial charge in [-0.2, -0.15) is 8.42 Å². The fraction of sp³-hybridized carbons (Fsp3) is 0.455. The molecule has 0 unspecified atom stereocenters. The zero-order valence-corrected chi connectivity index (χ0v) is 9.57. The van der Waals surface area contributed by atoms with Crippen LogP contribution in [0, 0.1) is 5.92 Å². The van der Waals surface area contributed by atoms with E-state index in [1.165, 1.54) is 0 Å². The molecule has 82 valence electrons. The van der Waals surface area contributed by atoms with Crippen LogP contribution in [-0.2, 0) is 14.3 Å². The third-order valence-corrected chi connectivity index (χ3v) is 4.84. The fourth-order valence-corrected chi connectivity index (χ4v) is 3.94. The molecule has 15 heavy (non-hydrogen) atoms. The van der Waals surface area contributed by atoms with Crippen LogP contribution >= 0.6 is 0 Å². The predicted octanol–water partition coefficient (Wildman–Crippen LogP) is 2.11. The van der Waals surface area contributed by atoms with E-state index in [2.05, 4.69) is 0 Å². The molecule has 0 radical (unpaired) electrons. The molecule has 3 nitrogen and oxygen atoms in total. The van der Waals surface area contributed by atoms with Gasteiger partial charge in [0.15, 0.2) is 0 Å². The first-order valence-electron chi connectivity index (χ1n) is 4.99. The standard InChI is InChI=1S/C11H14O3S/c1-8-9(2)14-15(12,13)11(8)10-6-4-3-5-7-10/h3-9,11H,1-2H3/t8-,9+,11+/m1/s1. The van der Waals surface area contributed by atoms with Gasteiger partial charge in [-0.1, -0.05) is 37.3 Å². The third kappa shape index (κ3) is 1.79. The molecule has 1 saturated heterocycles. The molecule has 3 atom stereocenters. The smallest absolute Gasteiger partial charge is 0.266 e. The Hall–Kier alpha value is -0.870. The van der Waals surface area contributed by atoms with Gasteiger partial charge in [-0.25, -0.2) is 0 Å². The van der Waals surface area contributed by atoms with E-state index in [0.717, 1.165) is 5.56 Å². The van der Waals surface area contributed by atoms with Crippen LogP contribution in [0.4, 0.5) is 0 Å². The van der Waals surface area contributed by atoms with Gasteiger partial charge in [0.05, 0.1) is 6.10 Å². The number of benzene rings is 1. The average molecular weight is 226 g/mol. The van der Waals surface area contributed by atoms with Crippen LogP contribution in [0.5, 0.6) is 0 Å².